The lowest BCUT2D eigenvalue weighted by atomic mass is 9.97. The highest BCUT2D eigenvalue weighted by molar-refractivity contribution is 5.97. The first-order valence-electron chi connectivity index (χ1n) is 10.4. The Hall–Kier alpha value is -2.67. The highest BCUT2D eigenvalue weighted by atomic mass is 16.3. The van der Waals surface area contributed by atoms with Crippen LogP contribution in [0, 0.1) is 0 Å². The van der Waals surface area contributed by atoms with Crippen molar-refractivity contribution in [1.82, 2.24) is 20.2 Å². The molecule has 0 spiro atoms. The third-order valence-electron chi connectivity index (χ3n) is 5.86. The summed E-state index contributed by atoms with van der Waals surface area (Å²) in [5.74, 6) is 0.464. The van der Waals surface area contributed by atoms with Gasteiger partial charge in [-0.1, -0.05) is 20.3 Å². The molecule has 7 nitrogen and oxygen atoms in total. The van der Waals surface area contributed by atoms with Gasteiger partial charge in [0.15, 0.2) is 0 Å². The molecule has 7 heteroatoms. The smallest absolute Gasteiger partial charge is 0.257 e. The number of nitrogens with one attached hydrogen (secondary N) is 1. The molecule has 1 fully saturated rings. The molecule has 2 aliphatic rings. The highest BCUT2D eigenvalue weighted by Crippen LogP contribution is 2.33. The van der Waals surface area contributed by atoms with E-state index in [9.17, 15) is 15.0 Å². The number of aromatic hydroxyl groups is 2. The Labute approximate surface area is 170 Å². The Morgan fingerprint density at radius 3 is 2.79 bits per heavy atom. The average molecular weight is 396 g/mol. The first kappa shape index (κ1) is 19.6. The number of fused-ring (bicyclic) bond motifs is 1. The van der Waals surface area contributed by atoms with Gasteiger partial charge in [-0.05, 0) is 36.9 Å². The van der Waals surface area contributed by atoms with Gasteiger partial charge in [-0.3, -0.25) is 4.79 Å². The van der Waals surface area contributed by atoms with Crippen molar-refractivity contribution in [2.24, 2.45) is 0 Å². The number of rotatable bonds is 3. The Morgan fingerprint density at radius 2 is 2.07 bits per heavy atom. The summed E-state index contributed by atoms with van der Waals surface area (Å²) in [6, 6.07) is 3.08. The van der Waals surface area contributed by atoms with E-state index in [4.69, 9.17) is 4.98 Å². The Balaban J connectivity index is 1.54. The molecule has 29 heavy (non-hydrogen) atoms. The molecule has 4 rings (SSSR count). The molecule has 1 aromatic carbocycles. The number of benzene rings is 1. The van der Waals surface area contributed by atoms with Crippen LogP contribution in [0.3, 0.4) is 0 Å². The summed E-state index contributed by atoms with van der Waals surface area (Å²) in [4.78, 5) is 24.1. The SMILES string of the molecule is CC(C)c1cc(C(=O)N2CCc3nc(C4CCCCN4)ncc3C2)c(O)cc1O. The summed E-state index contributed by atoms with van der Waals surface area (Å²) < 4.78 is 0. The van der Waals surface area contributed by atoms with Crippen molar-refractivity contribution in [3.63, 3.8) is 0 Å². The molecule has 3 heterocycles. The molecular weight excluding hydrogens is 368 g/mol. The van der Waals surface area contributed by atoms with Gasteiger partial charge in [-0.15, -0.1) is 0 Å². The normalized spacial score (nSPS) is 19.3. The second-order valence-corrected chi connectivity index (χ2v) is 8.26. The molecule has 0 radical (unpaired) electrons. The Morgan fingerprint density at radius 1 is 1.24 bits per heavy atom. The van der Waals surface area contributed by atoms with Crippen LogP contribution < -0.4 is 5.32 Å². The quantitative estimate of drug-likeness (QED) is 0.738. The maximum absolute atomic E-state index is 13.1. The van der Waals surface area contributed by atoms with Crippen molar-refractivity contribution in [2.75, 3.05) is 13.1 Å². The van der Waals surface area contributed by atoms with Crippen molar-refractivity contribution in [3.05, 3.63) is 46.5 Å². The first-order valence-corrected chi connectivity index (χ1v) is 10.4. The summed E-state index contributed by atoms with van der Waals surface area (Å²) in [6.07, 6.45) is 5.94. The van der Waals surface area contributed by atoms with Gasteiger partial charge >= 0.3 is 0 Å². The van der Waals surface area contributed by atoms with Gasteiger partial charge in [0, 0.05) is 37.3 Å². The van der Waals surface area contributed by atoms with Gasteiger partial charge in [0.1, 0.15) is 17.3 Å². The minimum Gasteiger partial charge on any atom is -0.508 e. The van der Waals surface area contributed by atoms with E-state index in [1.54, 1.807) is 11.0 Å². The fourth-order valence-corrected chi connectivity index (χ4v) is 4.14. The molecule has 1 aromatic heterocycles. The van der Waals surface area contributed by atoms with E-state index >= 15 is 0 Å². The minimum atomic E-state index is -0.243. The zero-order valence-corrected chi connectivity index (χ0v) is 17.0. The topological polar surface area (TPSA) is 98.6 Å². The molecule has 1 unspecified atom stereocenters. The number of carbonyl (C=O) groups excluding carboxylic acids is 1. The molecular formula is C22H28N4O3. The summed E-state index contributed by atoms with van der Waals surface area (Å²) in [5.41, 5.74) is 2.83. The molecule has 154 valence electrons. The number of nitrogens with zero attached hydrogens (tertiary/aromatic N) is 3. The molecule has 0 saturated carbocycles. The van der Waals surface area contributed by atoms with Crippen LogP contribution in [0.25, 0.3) is 0 Å². The van der Waals surface area contributed by atoms with Gasteiger partial charge in [-0.2, -0.15) is 0 Å². The van der Waals surface area contributed by atoms with Crippen molar-refractivity contribution < 1.29 is 15.0 Å². The van der Waals surface area contributed by atoms with E-state index in [1.807, 2.05) is 20.0 Å². The summed E-state index contributed by atoms with van der Waals surface area (Å²) in [6.45, 7) is 5.84. The van der Waals surface area contributed by atoms with Gasteiger partial charge < -0.3 is 20.4 Å². The monoisotopic (exact) mass is 396 g/mol. The van der Waals surface area contributed by atoms with Crippen LogP contribution in [0.15, 0.2) is 18.3 Å². The van der Waals surface area contributed by atoms with Crippen molar-refractivity contribution in [3.8, 4) is 11.5 Å². The van der Waals surface area contributed by atoms with Crippen LogP contribution in [0.4, 0.5) is 0 Å². The summed E-state index contributed by atoms with van der Waals surface area (Å²) in [7, 11) is 0. The number of hydrogen-bond donors (Lipinski definition) is 3. The maximum atomic E-state index is 13.1. The van der Waals surface area contributed by atoms with Gasteiger partial charge in [0.05, 0.1) is 17.3 Å². The molecule has 0 bridgehead atoms. The predicted molar refractivity (Wildman–Crippen MR) is 109 cm³/mol. The van der Waals surface area contributed by atoms with E-state index in [0.717, 1.165) is 30.0 Å². The van der Waals surface area contributed by atoms with E-state index in [-0.39, 0.29) is 34.9 Å². The Kier molecular flexibility index (Phi) is 5.41. The number of piperidine rings is 1. The predicted octanol–water partition coefficient (Wildman–Crippen LogP) is 3.02. The van der Waals surface area contributed by atoms with Crippen molar-refractivity contribution >= 4 is 5.91 Å². The number of phenolic OH excluding ortho intramolecular Hbond substituents is 2. The summed E-state index contributed by atoms with van der Waals surface area (Å²) in [5, 5.41) is 23.7. The fraction of sp³-hybridized carbons (Fsp3) is 0.500. The van der Waals surface area contributed by atoms with Crippen molar-refractivity contribution in [2.45, 2.75) is 58.0 Å². The van der Waals surface area contributed by atoms with Crippen LogP contribution in [-0.2, 0) is 13.0 Å². The second-order valence-electron chi connectivity index (χ2n) is 8.26. The fourth-order valence-electron chi connectivity index (χ4n) is 4.14. The summed E-state index contributed by atoms with van der Waals surface area (Å²) >= 11 is 0. The molecule has 3 N–H and O–H groups in total. The Bertz CT molecular complexity index is 923. The molecule has 0 aliphatic carbocycles. The third kappa shape index (κ3) is 3.92. The maximum Gasteiger partial charge on any atom is 0.257 e. The van der Waals surface area contributed by atoms with Crippen LogP contribution in [0.2, 0.25) is 0 Å². The van der Waals surface area contributed by atoms with E-state index in [1.165, 1.54) is 18.9 Å². The second kappa shape index (κ2) is 7.99. The van der Waals surface area contributed by atoms with Crippen LogP contribution >= 0.6 is 0 Å². The minimum absolute atomic E-state index is 0.00953. The molecule has 1 saturated heterocycles. The lowest BCUT2D eigenvalue weighted by Gasteiger charge is -2.30. The van der Waals surface area contributed by atoms with Crippen LogP contribution in [-0.4, -0.2) is 44.1 Å². The van der Waals surface area contributed by atoms with Gasteiger partial charge in [0.25, 0.3) is 5.91 Å². The lowest BCUT2D eigenvalue weighted by molar-refractivity contribution is 0.0730. The molecule has 1 amide bonds. The van der Waals surface area contributed by atoms with Crippen LogP contribution in [0.5, 0.6) is 11.5 Å². The third-order valence-corrected chi connectivity index (χ3v) is 5.86. The zero-order valence-electron chi connectivity index (χ0n) is 17.0. The van der Waals surface area contributed by atoms with Crippen LogP contribution in [0.1, 0.15) is 78.1 Å². The molecule has 2 aliphatic heterocycles. The first-order chi connectivity index (χ1) is 13.9. The van der Waals surface area contributed by atoms with E-state index in [2.05, 4.69) is 10.3 Å². The number of hydrogen-bond acceptors (Lipinski definition) is 6. The van der Waals surface area contributed by atoms with E-state index < -0.39 is 0 Å². The largest absolute Gasteiger partial charge is 0.508 e. The molecule has 1 atom stereocenters. The van der Waals surface area contributed by atoms with E-state index in [0.29, 0.717) is 25.1 Å². The standard InChI is InChI=1S/C22H28N4O3/c1-13(2)15-9-16(20(28)10-19(15)27)22(29)26-8-6-17-14(12-26)11-24-21(25-17)18-5-3-4-7-23-18/h9-11,13,18,23,27-28H,3-8,12H2,1-2H3. The lowest BCUT2D eigenvalue weighted by Crippen LogP contribution is -2.37. The number of carbonyl (C=O) groups is 1. The number of amides is 1. The van der Waals surface area contributed by atoms with Crippen molar-refractivity contribution in [1.29, 1.82) is 0 Å². The average Bonchev–Trinajstić information content (AvgIpc) is 2.73. The molecule has 2 aromatic rings. The van der Waals surface area contributed by atoms with Gasteiger partial charge in [-0.25, -0.2) is 9.97 Å². The number of aromatic nitrogens is 2. The highest BCUT2D eigenvalue weighted by Gasteiger charge is 2.27. The van der Waals surface area contributed by atoms with Gasteiger partial charge in [0.2, 0.25) is 0 Å². The number of phenols is 2. The zero-order chi connectivity index (χ0) is 20.5.